The lowest BCUT2D eigenvalue weighted by Gasteiger charge is -2.33. The Morgan fingerprint density at radius 1 is 1.09 bits per heavy atom. The number of carbonyl (C=O) groups excluding carboxylic acids is 1. The maximum Gasteiger partial charge on any atom is 0.310 e. The fourth-order valence-electron chi connectivity index (χ4n) is 6.42. The van der Waals surface area contributed by atoms with Crippen LogP contribution in [0.3, 0.4) is 0 Å². The SMILES string of the molecule is Cc1cc(OCc2ccccc2Br)c(C)c2c1CC[C@H]1C(CC3CCC(C)CC3)C(=O)OC21. The van der Waals surface area contributed by atoms with E-state index >= 15 is 0 Å². The summed E-state index contributed by atoms with van der Waals surface area (Å²) < 4.78 is 13.5. The minimum atomic E-state index is -0.112. The molecule has 0 amide bonds. The first kappa shape index (κ1) is 23.0. The lowest BCUT2D eigenvalue weighted by molar-refractivity contribution is -0.145. The van der Waals surface area contributed by atoms with Crippen LogP contribution in [-0.4, -0.2) is 5.97 Å². The van der Waals surface area contributed by atoms with Crippen molar-refractivity contribution in [2.45, 2.75) is 78.4 Å². The van der Waals surface area contributed by atoms with Gasteiger partial charge in [0.1, 0.15) is 18.5 Å². The first-order valence-corrected chi connectivity index (χ1v) is 13.4. The highest BCUT2D eigenvalue weighted by Gasteiger charge is 2.49. The van der Waals surface area contributed by atoms with Gasteiger partial charge >= 0.3 is 5.97 Å². The molecule has 2 unspecified atom stereocenters. The number of carbonyl (C=O) groups is 1. The lowest BCUT2D eigenvalue weighted by Crippen LogP contribution is -2.26. The molecule has 176 valence electrons. The smallest absolute Gasteiger partial charge is 0.310 e. The zero-order valence-corrected chi connectivity index (χ0v) is 21.6. The van der Waals surface area contributed by atoms with Gasteiger partial charge in [0.05, 0.1) is 5.92 Å². The number of benzene rings is 2. The van der Waals surface area contributed by atoms with Gasteiger partial charge in [-0.2, -0.15) is 0 Å². The third-order valence-electron chi connectivity index (χ3n) is 8.45. The van der Waals surface area contributed by atoms with E-state index in [0.717, 1.165) is 46.5 Å². The Morgan fingerprint density at radius 2 is 1.85 bits per heavy atom. The Morgan fingerprint density at radius 3 is 2.61 bits per heavy atom. The van der Waals surface area contributed by atoms with Crippen LogP contribution in [0.15, 0.2) is 34.8 Å². The largest absolute Gasteiger partial charge is 0.489 e. The highest BCUT2D eigenvalue weighted by atomic mass is 79.9. The summed E-state index contributed by atoms with van der Waals surface area (Å²) in [5, 5.41) is 0. The summed E-state index contributed by atoms with van der Waals surface area (Å²) in [6.07, 6.45) is 8.13. The van der Waals surface area contributed by atoms with Crippen molar-refractivity contribution in [1.82, 2.24) is 0 Å². The number of halogens is 1. The first-order valence-electron chi connectivity index (χ1n) is 12.6. The van der Waals surface area contributed by atoms with Gasteiger partial charge in [0.15, 0.2) is 0 Å². The molecular weight excluding hydrogens is 476 g/mol. The molecule has 0 N–H and O–H groups in total. The summed E-state index contributed by atoms with van der Waals surface area (Å²) >= 11 is 3.62. The van der Waals surface area contributed by atoms with Gasteiger partial charge < -0.3 is 9.47 Å². The molecule has 3 aliphatic rings. The normalized spacial score (nSPS) is 28.7. The molecule has 5 rings (SSSR count). The Kier molecular flexibility index (Phi) is 6.57. The monoisotopic (exact) mass is 510 g/mol. The summed E-state index contributed by atoms with van der Waals surface area (Å²) in [6, 6.07) is 10.3. The zero-order valence-electron chi connectivity index (χ0n) is 20.0. The fraction of sp³-hybridized carbons (Fsp3) is 0.552. The molecule has 3 nitrogen and oxygen atoms in total. The van der Waals surface area contributed by atoms with Crippen molar-refractivity contribution in [2.75, 3.05) is 0 Å². The fourth-order valence-corrected chi connectivity index (χ4v) is 6.82. The Bertz CT molecular complexity index is 1040. The van der Waals surface area contributed by atoms with Crippen molar-refractivity contribution in [1.29, 1.82) is 0 Å². The molecule has 0 aromatic heterocycles. The molecule has 4 heteroatoms. The van der Waals surface area contributed by atoms with E-state index < -0.39 is 0 Å². The van der Waals surface area contributed by atoms with E-state index in [1.54, 1.807) is 0 Å². The van der Waals surface area contributed by atoms with E-state index in [-0.39, 0.29) is 18.0 Å². The maximum atomic E-state index is 13.1. The Hall–Kier alpha value is -1.81. The predicted octanol–water partition coefficient (Wildman–Crippen LogP) is 7.64. The molecule has 1 aliphatic heterocycles. The highest BCUT2D eigenvalue weighted by Crippen LogP contribution is 2.52. The second-order valence-electron chi connectivity index (χ2n) is 10.6. The standard InChI is InChI=1S/C29H35BrO3/c1-17-8-10-20(11-9-17)15-24-23-13-12-22-18(2)14-26(19(3)27(22)28(23)33-29(24)31)32-16-21-6-4-5-7-25(21)30/h4-7,14,17,20,23-24,28H,8-13,15-16H2,1-3H3/t17?,20?,23-,24?,28?/m0/s1. The summed E-state index contributed by atoms with van der Waals surface area (Å²) in [6.45, 7) is 7.17. The van der Waals surface area contributed by atoms with E-state index in [4.69, 9.17) is 9.47 Å². The predicted molar refractivity (Wildman–Crippen MR) is 134 cm³/mol. The van der Waals surface area contributed by atoms with Crippen LogP contribution < -0.4 is 4.74 Å². The minimum Gasteiger partial charge on any atom is -0.489 e. The lowest BCUT2D eigenvalue weighted by atomic mass is 9.70. The van der Waals surface area contributed by atoms with Crippen molar-refractivity contribution in [2.24, 2.45) is 23.7 Å². The molecule has 0 bridgehead atoms. The summed E-state index contributed by atoms with van der Waals surface area (Å²) in [4.78, 5) is 13.1. The van der Waals surface area contributed by atoms with Crippen LogP contribution in [0.2, 0.25) is 0 Å². The topological polar surface area (TPSA) is 35.5 Å². The minimum absolute atomic E-state index is 0.0352. The Balaban J connectivity index is 1.38. The van der Waals surface area contributed by atoms with Crippen LogP contribution in [0.25, 0.3) is 0 Å². The molecular formula is C29H35BrO3. The second kappa shape index (κ2) is 9.44. The van der Waals surface area contributed by atoms with E-state index in [1.165, 1.54) is 42.4 Å². The highest BCUT2D eigenvalue weighted by molar-refractivity contribution is 9.10. The van der Waals surface area contributed by atoms with Crippen LogP contribution in [0, 0.1) is 37.5 Å². The number of ether oxygens (including phenoxy) is 2. The number of aryl methyl sites for hydroxylation is 1. The van der Waals surface area contributed by atoms with Gasteiger partial charge in [-0.15, -0.1) is 0 Å². The average molecular weight is 512 g/mol. The zero-order chi connectivity index (χ0) is 23.1. The van der Waals surface area contributed by atoms with Gasteiger partial charge in [0.2, 0.25) is 0 Å². The number of hydrogen-bond acceptors (Lipinski definition) is 3. The van der Waals surface area contributed by atoms with Crippen LogP contribution in [0.4, 0.5) is 0 Å². The number of rotatable bonds is 5. The molecule has 2 aliphatic carbocycles. The average Bonchev–Trinajstić information content (AvgIpc) is 3.12. The molecule has 1 saturated carbocycles. The van der Waals surface area contributed by atoms with E-state index in [1.807, 2.05) is 18.2 Å². The van der Waals surface area contributed by atoms with Crippen LogP contribution >= 0.6 is 15.9 Å². The van der Waals surface area contributed by atoms with E-state index in [2.05, 4.69) is 48.8 Å². The molecule has 0 radical (unpaired) electrons. The Labute approximate surface area is 206 Å². The van der Waals surface area contributed by atoms with Gasteiger partial charge in [-0.25, -0.2) is 0 Å². The molecule has 2 fully saturated rings. The summed E-state index contributed by atoms with van der Waals surface area (Å²) in [5.41, 5.74) is 6.09. The van der Waals surface area contributed by atoms with Crippen molar-refractivity contribution >= 4 is 21.9 Å². The molecule has 0 spiro atoms. The second-order valence-corrected chi connectivity index (χ2v) is 11.5. The molecule has 33 heavy (non-hydrogen) atoms. The maximum absolute atomic E-state index is 13.1. The third-order valence-corrected chi connectivity index (χ3v) is 9.22. The third kappa shape index (κ3) is 4.48. The number of fused-ring (bicyclic) bond motifs is 3. The van der Waals surface area contributed by atoms with Crippen molar-refractivity contribution in [3.8, 4) is 5.75 Å². The van der Waals surface area contributed by atoms with E-state index in [0.29, 0.717) is 18.4 Å². The number of hydrogen-bond donors (Lipinski definition) is 0. The summed E-state index contributed by atoms with van der Waals surface area (Å²) in [5.74, 6) is 2.83. The quantitative estimate of drug-likeness (QED) is 0.387. The van der Waals surface area contributed by atoms with Crippen LogP contribution in [0.5, 0.6) is 5.75 Å². The summed E-state index contributed by atoms with van der Waals surface area (Å²) in [7, 11) is 0. The van der Waals surface area contributed by atoms with Gasteiger partial charge in [-0.1, -0.05) is 66.7 Å². The van der Waals surface area contributed by atoms with Gasteiger partial charge in [0, 0.05) is 21.5 Å². The molecule has 1 saturated heterocycles. The molecule has 2 aromatic carbocycles. The van der Waals surface area contributed by atoms with Gasteiger partial charge in [-0.05, 0) is 73.8 Å². The number of esters is 1. The molecule has 3 atom stereocenters. The van der Waals surface area contributed by atoms with Gasteiger partial charge in [-0.3, -0.25) is 4.79 Å². The van der Waals surface area contributed by atoms with Crippen LogP contribution in [-0.2, 0) is 22.6 Å². The molecule has 1 heterocycles. The first-order chi connectivity index (χ1) is 15.9. The van der Waals surface area contributed by atoms with Gasteiger partial charge in [0.25, 0.3) is 0 Å². The van der Waals surface area contributed by atoms with Crippen molar-refractivity contribution < 1.29 is 14.3 Å². The van der Waals surface area contributed by atoms with E-state index in [9.17, 15) is 4.79 Å². The molecule has 2 aromatic rings. The van der Waals surface area contributed by atoms with Crippen molar-refractivity contribution in [3.05, 3.63) is 62.6 Å². The van der Waals surface area contributed by atoms with Crippen molar-refractivity contribution in [3.63, 3.8) is 0 Å². The van der Waals surface area contributed by atoms with Crippen LogP contribution in [0.1, 0.15) is 79.4 Å².